The van der Waals surface area contributed by atoms with E-state index < -0.39 is 18.4 Å². The van der Waals surface area contributed by atoms with Crippen molar-refractivity contribution >= 4 is 33.6 Å². The van der Waals surface area contributed by atoms with Crippen LogP contribution in [0.1, 0.15) is 12.5 Å². The Labute approximate surface area is 107 Å². The topological polar surface area (TPSA) is 9.23 Å². The van der Waals surface area contributed by atoms with E-state index in [-0.39, 0.29) is 0 Å². The van der Waals surface area contributed by atoms with Crippen LogP contribution < -0.4 is 8.32 Å². The number of halogens is 1. The van der Waals surface area contributed by atoms with Crippen LogP contribution in [-0.2, 0) is 6.42 Å². The molecule has 0 fully saturated rings. The molecule has 1 unspecified atom stereocenters. The van der Waals surface area contributed by atoms with Crippen molar-refractivity contribution in [2.75, 3.05) is 6.61 Å². The van der Waals surface area contributed by atoms with Gasteiger partial charge in [-0.25, -0.2) is 0 Å². The summed E-state index contributed by atoms with van der Waals surface area (Å²) in [6.07, 6.45) is 1.10. The average Bonchev–Trinajstić information content (AvgIpc) is 2.15. The first-order valence-electron chi connectivity index (χ1n) is 5.83. The van der Waals surface area contributed by atoms with Crippen LogP contribution in [0, 0.1) is 5.92 Å². The molecule has 1 nitrogen and oxygen atoms in total. The van der Waals surface area contributed by atoms with E-state index in [2.05, 4.69) is 33.9 Å². The summed E-state index contributed by atoms with van der Waals surface area (Å²) in [7, 11) is 0. The molecule has 16 heavy (non-hydrogen) atoms. The Morgan fingerprint density at radius 2 is 2.00 bits per heavy atom. The molecule has 88 valence electrons. The summed E-state index contributed by atoms with van der Waals surface area (Å²) >= 11 is 4.29. The van der Waals surface area contributed by atoms with Crippen LogP contribution in [0.4, 0.5) is 0 Å². The van der Waals surface area contributed by atoms with Crippen LogP contribution in [0.25, 0.3) is 0 Å². The molecule has 0 aromatic heterocycles. The van der Waals surface area contributed by atoms with Gasteiger partial charge in [-0.2, -0.15) is 0 Å². The van der Waals surface area contributed by atoms with Crippen LogP contribution in [0.5, 0.6) is 5.75 Å². The molecule has 0 aliphatic carbocycles. The van der Waals surface area contributed by atoms with Gasteiger partial charge in [0.25, 0.3) is 0 Å². The van der Waals surface area contributed by atoms with E-state index in [1.54, 1.807) is 0 Å². The zero-order valence-electron chi connectivity index (χ0n) is 10.4. The first kappa shape index (κ1) is 12.6. The Morgan fingerprint density at radius 1 is 1.31 bits per heavy atom. The molecular weight excluding hydrogens is 326 g/mol. The molecule has 1 aliphatic rings. The zero-order chi connectivity index (χ0) is 11.9. The third-order valence-electron chi connectivity index (χ3n) is 3.07. The second kappa shape index (κ2) is 4.41. The molecule has 1 atom stereocenters. The minimum absolute atomic E-state index is 0.606. The van der Waals surface area contributed by atoms with Gasteiger partial charge in [-0.1, -0.05) is 0 Å². The van der Waals surface area contributed by atoms with Crippen LogP contribution in [0.2, 0.25) is 19.8 Å². The minimum atomic E-state index is -2.02. The first-order chi connectivity index (χ1) is 7.38. The van der Waals surface area contributed by atoms with Crippen molar-refractivity contribution < 1.29 is 4.74 Å². The summed E-state index contributed by atoms with van der Waals surface area (Å²) < 4.78 is 7.22. The van der Waals surface area contributed by atoms with Crippen molar-refractivity contribution in [1.29, 1.82) is 0 Å². The van der Waals surface area contributed by atoms with Crippen molar-refractivity contribution in [3.8, 4) is 5.75 Å². The SMILES string of the molecule is CC1COc2c(Cl)c[c]([Sn]([CH3])([CH3])[CH3])cc2C1. The Bertz CT molecular complexity index is 409. The molecule has 0 bridgehead atoms. The van der Waals surface area contributed by atoms with Crippen LogP contribution in [0.3, 0.4) is 0 Å². The molecule has 1 aromatic rings. The molecule has 1 heterocycles. The van der Waals surface area contributed by atoms with Crippen molar-refractivity contribution in [3.63, 3.8) is 0 Å². The quantitative estimate of drug-likeness (QED) is 0.709. The van der Waals surface area contributed by atoms with E-state index in [1.165, 1.54) is 9.14 Å². The summed E-state index contributed by atoms with van der Waals surface area (Å²) in [5, 5.41) is 0.811. The normalized spacial score (nSPS) is 20.2. The van der Waals surface area contributed by atoms with Crippen LogP contribution in [0.15, 0.2) is 12.1 Å². The van der Waals surface area contributed by atoms with E-state index in [4.69, 9.17) is 16.3 Å². The second-order valence-electron chi connectivity index (χ2n) is 5.82. The van der Waals surface area contributed by atoms with Gasteiger partial charge < -0.3 is 0 Å². The predicted octanol–water partition coefficient (Wildman–Crippen LogP) is 3.46. The summed E-state index contributed by atoms with van der Waals surface area (Å²) in [6.45, 7) is 3.02. The fourth-order valence-electron chi connectivity index (χ4n) is 2.06. The third kappa shape index (κ3) is 2.51. The van der Waals surface area contributed by atoms with Crippen LogP contribution >= 0.6 is 11.6 Å². The Balaban J connectivity index is 2.48. The fraction of sp³-hybridized carbons (Fsp3) is 0.538. The summed E-state index contributed by atoms with van der Waals surface area (Å²) in [5.74, 6) is 1.54. The van der Waals surface area contributed by atoms with Crippen molar-refractivity contribution in [1.82, 2.24) is 0 Å². The standard InChI is InChI=1S/C10H10ClO.3CH3.Sn/c1-7-5-8-3-2-4-9(11)10(8)12-6-7;;;;/h3-4,7H,5-6H2,1H3;3*1H3;. The first-order valence-corrected chi connectivity index (χ1v) is 16.2. The molecule has 0 saturated carbocycles. The number of fused-ring (bicyclic) bond motifs is 1. The summed E-state index contributed by atoms with van der Waals surface area (Å²) in [6, 6.07) is 4.47. The molecular formula is C13H19ClOSn. The monoisotopic (exact) mass is 346 g/mol. The maximum absolute atomic E-state index is 6.31. The van der Waals surface area contributed by atoms with E-state index in [0.29, 0.717) is 5.92 Å². The number of ether oxygens (including phenoxy) is 1. The number of hydrogen-bond acceptors (Lipinski definition) is 1. The number of rotatable bonds is 1. The molecule has 2 rings (SSSR count). The molecule has 1 aromatic carbocycles. The molecule has 0 amide bonds. The van der Waals surface area contributed by atoms with E-state index in [1.807, 2.05) is 0 Å². The van der Waals surface area contributed by atoms with Gasteiger partial charge in [-0.15, -0.1) is 0 Å². The number of benzene rings is 1. The predicted molar refractivity (Wildman–Crippen MR) is 72.8 cm³/mol. The summed E-state index contributed by atoms with van der Waals surface area (Å²) in [5.41, 5.74) is 1.31. The van der Waals surface area contributed by atoms with Gasteiger partial charge in [0.2, 0.25) is 0 Å². The zero-order valence-corrected chi connectivity index (χ0v) is 14.0. The Morgan fingerprint density at radius 3 is 2.62 bits per heavy atom. The molecule has 0 radical (unpaired) electrons. The van der Waals surface area contributed by atoms with Crippen LogP contribution in [-0.4, -0.2) is 25.0 Å². The van der Waals surface area contributed by atoms with Gasteiger partial charge in [0.15, 0.2) is 0 Å². The molecule has 0 spiro atoms. The van der Waals surface area contributed by atoms with E-state index in [9.17, 15) is 0 Å². The van der Waals surface area contributed by atoms with Gasteiger partial charge in [0.1, 0.15) is 0 Å². The average molecular weight is 345 g/mol. The second-order valence-corrected chi connectivity index (χ2v) is 20.7. The molecule has 1 aliphatic heterocycles. The molecule has 0 N–H and O–H groups in total. The van der Waals surface area contributed by atoms with Crippen molar-refractivity contribution in [2.45, 2.75) is 28.2 Å². The van der Waals surface area contributed by atoms with Gasteiger partial charge >= 0.3 is 107 Å². The van der Waals surface area contributed by atoms with E-state index >= 15 is 0 Å². The Kier molecular flexibility index (Phi) is 3.46. The van der Waals surface area contributed by atoms with Crippen molar-refractivity contribution in [2.24, 2.45) is 5.92 Å². The van der Waals surface area contributed by atoms with Gasteiger partial charge in [-0.3, -0.25) is 0 Å². The fourth-order valence-corrected chi connectivity index (χ4v) is 5.99. The number of hydrogen-bond donors (Lipinski definition) is 0. The maximum atomic E-state index is 6.31. The Hall–Kier alpha value is 0.109. The molecule has 3 heteroatoms. The van der Waals surface area contributed by atoms with Gasteiger partial charge in [-0.05, 0) is 0 Å². The van der Waals surface area contributed by atoms with Gasteiger partial charge in [0.05, 0.1) is 0 Å². The summed E-state index contributed by atoms with van der Waals surface area (Å²) in [4.78, 5) is 7.25. The third-order valence-corrected chi connectivity index (χ3v) is 9.12. The van der Waals surface area contributed by atoms with E-state index in [0.717, 1.165) is 23.8 Å². The van der Waals surface area contributed by atoms with Gasteiger partial charge in [0, 0.05) is 0 Å². The molecule has 0 saturated heterocycles. The van der Waals surface area contributed by atoms with Crippen molar-refractivity contribution in [3.05, 3.63) is 22.7 Å².